The van der Waals surface area contributed by atoms with Gasteiger partial charge in [0.25, 0.3) is 0 Å². The van der Waals surface area contributed by atoms with Crippen LogP contribution in [0.1, 0.15) is 38.2 Å². The molecule has 1 saturated carbocycles. The molecule has 20 heavy (non-hydrogen) atoms. The predicted molar refractivity (Wildman–Crippen MR) is 81.5 cm³/mol. The molecular formula is C17H28NO2+. The van der Waals surface area contributed by atoms with E-state index in [9.17, 15) is 0 Å². The fourth-order valence-electron chi connectivity index (χ4n) is 3.22. The topological polar surface area (TPSA) is 35.1 Å². The zero-order chi connectivity index (χ0) is 14.4. The molecule has 1 fully saturated rings. The monoisotopic (exact) mass is 278 g/mol. The van der Waals surface area contributed by atoms with Crippen molar-refractivity contribution < 1.29 is 14.8 Å². The first-order chi connectivity index (χ1) is 9.72. The second kappa shape index (κ2) is 7.53. The molecule has 112 valence electrons. The molecule has 3 heteroatoms. The molecule has 2 N–H and O–H groups in total. The van der Waals surface area contributed by atoms with Crippen LogP contribution < -0.4 is 14.8 Å². The van der Waals surface area contributed by atoms with Gasteiger partial charge in [-0.15, -0.1) is 0 Å². The van der Waals surface area contributed by atoms with Crippen molar-refractivity contribution in [1.29, 1.82) is 0 Å². The molecule has 0 aliphatic heterocycles. The molecule has 0 amide bonds. The minimum Gasteiger partial charge on any atom is -0.493 e. The highest BCUT2D eigenvalue weighted by Crippen LogP contribution is 2.27. The maximum absolute atomic E-state index is 5.35. The second-order valence-corrected chi connectivity index (χ2v) is 6.00. The average molecular weight is 278 g/mol. The van der Waals surface area contributed by atoms with Gasteiger partial charge < -0.3 is 14.8 Å². The summed E-state index contributed by atoms with van der Waals surface area (Å²) in [5.41, 5.74) is 1.32. The molecule has 1 aliphatic rings. The Labute approximate surface area is 122 Å². The van der Waals surface area contributed by atoms with E-state index in [0.717, 1.165) is 36.4 Å². The van der Waals surface area contributed by atoms with Crippen LogP contribution in [0.4, 0.5) is 0 Å². The number of methoxy groups -OCH3 is 2. The number of benzene rings is 1. The summed E-state index contributed by atoms with van der Waals surface area (Å²) in [6, 6.07) is 7.06. The normalized spacial score (nSPS) is 22.6. The minimum atomic E-state index is 0.807. The number of ether oxygens (including phenoxy) is 2. The quantitative estimate of drug-likeness (QED) is 0.867. The Morgan fingerprint density at radius 2 is 1.95 bits per heavy atom. The van der Waals surface area contributed by atoms with E-state index in [1.165, 1.54) is 31.2 Å². The van der Waals surface area contributed by atoms with Gasteiger partial charge in [-0.1, -0.05) is 19.4 Å². The first-order valence-electron chi connectivity index (χ1n) is 7.77. The van der Waals surface area contributed by atoms with Crippen molar-refractivity contribution in [2.75, 3.05) is 20.8 Å². The Morgan fingerprint density at radius 3 is 2.65 bits per heavy atom. The van der Waals surface area contributed by atoms with Crippen LogP contribution in [-0.2, 0) is 6.42 Å². The summed E-state index contributed by atoms with van der Waals surface area (Å²) in [7, 11) is 3.37. The summed E-state index contributed by atoms with van der Waals surface area (Å²) in [5, 5.41) is 2.53. The molecule has 1 aromatic carbocycles. The Kier molecular flexibility index (Phi) is 5.72. The lowest BCUT2D eigenvalue weighted by molar-refractivity contribution is -0.692. The van der Waals surface area contributed by atoms with E-state index in [2.05, 4.69) is 24.4 Å². The maximum atomic E-state index is 5.35. The first-order valence-corrected chi connectivity index (χ1v) is 7.77. The summed E-state index contributed by atoms with van der Waals surface area (Å²) < 4.78 is 10.6. The van der Waals surface area contributed by atoms with Crippen LogP contribution in [0.3, 0.4) is 0 Å². The van der Waals surface area contributed by atoms with Crippen molar-refractivity contribution in [1.82, 2.24) is 0 Å². The van der Waals surface area contributed by atoms with Gasteiger partial charge in [0, 0.05) is 12.8 Å². The fourth-order valence-corrected chi connectivity index (χ4v) is 3.22. The van der Waals surface area contributed by atoms with Gasteiger partial charge in [0.15, 0.2) is 11.5 Å². The van der Waals surface area contributed by atoms with Gasteiger partial charge in [0.2, 0.25) is 0 Å². The first kappa shape index (κ1) is 15.2. The third kappa shape index (κ3) is 4.14. The smallest absolute Gasteiger partial charge is 0.160 e. The Hall–Kier alpha value is -1.22. The number of hydrogen-bond donors (Lipinski definition) is 1. The average Bonchev–Trinajstić information content (AvgIpc) is 2.47. The number of nitrogens with two attached hydrogens (primary N) is 1. The molecule has 1 aromatic rings. The maximum Gasteiger partial charge on any atom is 0.160 e. The summed E-state index contributed by atoms with van der Waals surface area (Å²) in [4.78, 5) is 0. The lowest BCUT2D eigenvalue weighted by Crippen LogP contribution is -2.90. The van der Waals surface area contributed by atoms with Gasteiger partial charge in [-0.3, -0.25) is 0 Å². The van der Waals surface area contributed by atoms with E-state index in [-0.39, 0.29) is 0 Å². The molecule has 2 atom stereocenters. The van der Waals surface area contributed by atoms with Crippen LogP contribution in [0.2, 0.25) is 0 Å². The molecular weight excluding hydrogens is 250 g/mol. The molecule has 0 aromatic heterocycles. The summed E-state index contributed by atoms with van der Waals surface area (Å²) in [5.74, 6) is 2.55. The van der Waals surface area contributed by atoms with E-state index in [0.29, 0.717) is 0 Å². The molecule has 0 unspecified atom stereocenters. The third-order valence-corrected chi connectivity index (χ3v) is 4.36. The van der Waals surface area contributed by atoms with E-state index in [4.69, 9.17) is 9.47 Å². The van der Waals surface area contributed by atoms with Gasteiger partial charge in [-0.2, -0.15) is 0 Å². The Balaban J connectivity index is 1.81. The van der Waals surface area contributed by atoms with E-state index < -0.39 is 0 Å². The molecule has 0 saturated heterocycles. The van der Waals surface area contributed by atoms with Crippen molar-refractivity contribution in [3.63, 3.8) is 0 Å². The van der Waals surface area contributed by atoms with Crippen LogP contribution in [0.15, 0.2) is 18.2 Å². The van der Waals surface area contributed by atoms with Crippen molar-refractivity contribution in [3.05, 3.63) is 23.8 Å². The van der Waals surface area contributed by atoms with E-state index in [1.807, 2.05) is 6.07 Å². The van der Waals surface area contributed by atoms with Crippen LogP contribution in [-0.4, -0.2) is 26.8 Å². The van der Waals surface area contributed by atoms with E-state index >= 15 is 0 Å². The molecule has 2 rings (SSSR count). The zero-order valence-electron chi connectivity index (χ0n) is 13.0. The second-order valence-electron chi connectivity index (χ2n) is 6.00. The van der Waals surface area contributed by atoms with Crippen molar-refractivity contribution in [3.8, 4) is 11.5 Å². The Bertz CT molecular complexity index is 419. The van der Waals surface area contributed by atoms with Crippen LogP contribution in [0.25, 0.3) is 0 Å². The highest BCUT2D eigenvalue weighted by atomic mass is 16.5. The number of hydrogen-bond acceptors (Lipinski definition) is 2. The third-order valence-electron chi connectivity index (χ3n) is 4.36. The molecule has 0 bridgehead atoms. The van der Waals surface area contributed by atoms with Gasteiger partial charge in [0.1, 0.15) is 0 Å². The molecule has 3 nitrogen and oxygen atoms in total. The van der Waals surface area contributed by atoms with Crippen LogP contribution in [0, 0.1) is 5.92 Å². The zero-order valence-corrected chi connectivity index (χ0v) is 13.0. The van der Waals surface area contributed by atoms with Gasteiger partial charge in [0.05, 0.1) is 26.8 Å². The largest absolute Gasteiger partial charge is 0.493 e. The van der Waals surface area contributed by atoms with Gasteiger partial charge in [-0.25, -0.2) is 0 Å². The van der Waals surface area contributed by atoms with Crippen molar-refractivity contribution in [2.24, 2.45) is 5.92 Å². The van der Waals surface area contributed by atoms with Gasteiger partial charge in [-0.05, 0) is 36.5 Å². The molecule has 0 radical (unpaired) electrons. The van der Waals surface area contributed by atoms with Crippen LogP contribution in [0.5, 0.6) is 11.5 Å². The lowest BCUT2D eigenvalue weighted by atomic mass is 9.87. The van der Waals surface area contributed by atoms with Crippen molar-refractivity contribution >= 4 is 0 Å². The minimum absolute atomic E-state index is 0.807. The molecule has 0 heterocycles. The fraction of sp³-hybridized carbons (Fsp3) is 0.647. The summed E-state index contributed by atoms with van der Waals surface area (Å²) in [6.07, 6.45) is 6.67. The highest BCUT2D eigenvalue weighted by Gasteiger charge is 2.20. The standard InChI is InChI=1S/C17H27NO2/c1-13-5-4-6-15(11-13)18-10-9-14-7-8-16(19-2)17(12-14)20-3/h7-8,12-13,15,18H,4-6,9-11H2,1-3H3/p+1/t13-,15-/m1/s1. The van der Waals surface area contributed by atoms with E-state index in [1.54, 1.807) is 14.2 Å². The number of rotatable bonds is 6. The summed E-state index contributed by atoms with van der Waals surface area (Å²) in [6.45, 7) is 3.54. The SMILES string of the molecule is COc1ccc(CC[NH2+][C@@H]2CCC[C@@H](C)C2)cc1OC. The summed E-state index contributed by atoms with van der Waals surface area (Å²) >= 11 is 0. The molecule has 0 spiro atoms. The van der Waals surface area contributed by atoms with Crippen LogP contribution >= 0.6 is 0 Å². The highest BCUT2D eigenvalue weighted by molar-refractivity contribution is 5.42. The van der Waals surface area contributed by atoms with Gasteiger partial charge >= 0.3 is 0 Å². The predicted octanol–water partition coefficient (Wildman–Crippen LogP) is 2.39. The lowest BCUT2D eigenvalue weighted by Gasteiger charge is -2.24. The van der Waals surface area contributed by atoms with Crippen molar-refractivity contribution in [2.45, 2.75) is 45.1 Å². The molecule has 1 aliphatic carbocycles. The Morgan fingerprint density at radius 1 is 1.15 bits per heavy atom. The number of quaternary nitrogens is 1.